The van der Waals surface area contributed by atoms with E-state index in [0.717, 1.165) is 11.1 Å². The molecule has 1 heterocycles. The lowest BCUT2D eigenvalue weighted by Crippen LogP contribution is -1.86. The molecule has 0 aliphatic carbocycles. The monoisotopic (exact) mass is 212 g/mol. The van der Waals surface area contributed by atoms with Crippen molar-refractivity contribution in [3.8, 4) is 0 Å². The van der Waals surface area contributed by atoms with Crippen molar-refractivity contribution < 1.29 is 4.74 Å². The summed E-state index contributed by atoms with van der Waals surface area (Å²) in [4.78, 5) is 0. The second-order valence-electron chi connectivity index (χ2n) is 2.80. The maximum absolute atomic E-state index is 5.46. The Labute approximate surface area is 74.5 Å². The molecule has 0 fully saturated rings. The quantitative estimate of drug-likeness (QED) is 0.643. The molecule has 0 bridgehead atoms. The minimum Gasteiger partial charge on any atom is -0.369 e. The van der Waals surface area contributed by atoms with Crippen LogP contribution in [-0.2, 0) is 11.3 Å². The van der Waals surface area contributed by atoms with Crippen LogP contribution in [0.25, 0.3) is 0 Å². The van der Waals surface area contributed by atoms with Gasteiger partial charge in [0.1, 0.15) is 0 Å². The third kappa shape index (κ3) is 1.21. The Bertz CT molecular complexity index is 283. The normalized spacial score (nSPS) is 21.8. The van der Waals surface area contributed by atoms with Crippen molar-refractivity contribution in [3.63, 3.8) is 0 Å². The summed E-state index contributed by atoms with van der Waals surface area (Å²) in [5.74, 6) is 0. The van der Waals surface area contributed by atoms with Crippen molar-refractivity contribution in [2.45, 2.75) is 19.6 Å². The van der Waals surface area contributed by atoms with Crippen LogP contribution < -0.4 is 0 Å². The van der Waals surface area contributed by atoms with Crippen LogP contribution in [0.5, 0.6) is 0 Å². The maximum atomic E-state index is 5.46. The fraction of sp³-hybridized carbons (Fsp3) is 0.333. The average molecular weight is 213 g/mol. The Morgan fingerprint density at radius 1 is 1.55 bits per heavy atom. The van der Waals surface area contributed by atoms with E-state index in [4.69, 9.17) is 4.74 Å². The van der Waals surface area contributed by atoms with Crippen LogP contribution >= 0.6 is 15.9 Å². The summed E-state index contributed by atoms with van der Waals surface area (Å²) in [6.07, 6.45) is 0.266. The summed E-state index contributed by atoms with van der Waals surface area (Å²) in [5.41, 5.74) is 2.64. The van der Waals surface area contributed by atoms with E-state index in [1.54, 1.807) is 0 Å². The van der Waals surface area contributed by atoms with Gasteiger partial charge in [-0.15, -0.1) is 0 Å². The van der Waals surface area contributed by atoms with Gasteiger partial charge in [0.05, 0.1) is 12.7 Å². The highest BCUT2D eigenvalue weighted by Crippen LogP contribution is 2.31. The van der Waals surface area contributed by atoms with Crippen molar-refractivity contribution in [1.29, 1.82) is 0 Å². The molecule has 0 N–H and O–H groups in total. The zero-order valence-corrected chi connectivity index (χ0v) is 7.89. The summed E-state index contributed by atoms with van der Waals surface area (Å²) in [6.45, 7) is 2.85. The Morgan fingerprint density at radius 2 is 2.36 bits per heavy atom. The van der Waals surface area contributed by atoms with E-state index in [2.05, 4.69) is 41.1 Å². The standard InChI is InChI=1S/C9H9BrO/c1-6-9-4-8(10)3-2-7(9)5-11-6/h2-4,6H,5H2,1H3. The highest BCUT2D eigenvalue weighted by molar-refractivity contribution is 9.10. The van der Waals surface area contributed by atoms with Gasteiger partial charge in [-0.3, -0.25) is 0 Å². The molecule has 0 amide bonds. The Hall–Kier alpha value is -0.340. The molecule has 0 saturated heterocycles. The smallest absolute Gasteiger partial charge is 0.0805 e. The van der Waals surface area contributed by atoms with Gasteiger partial charge in [-0.2, -0.15) is 0 Å². The zero-order chi connectivity index (χ0) is 7.84. The fourth-order valence-corrected chi connectivity index (χ4v) is 1.76. The molecule has 1 aliphatic heterocycles. The van der Waals surface area contributed by atoms with E-state index in [1.807, 2.05) is 0 Å². The largest absolute Gasteiger partial charge is 0.369 e. The second kappa shape index (κ2) is 2.61. The topological polar surface area (TPSA) is 9.23 Å². The van der Waals surface area contributed by atoms with Crippen molar-refractivity contribution in [1.82, 2.24) is 0 Å². The first-order valence-electron chi connectivity index (χ1n) is 3.67. The van der Waals surface area contributed by atoms with Crippen LogP contribution in [0.3, 0.4) is 0 Å². The van der Waals surface area contributed by atoms with Crippen molar-refractivity contribution in [3.05, 3.63) is 33.8 Å². The summed E-state index contributed by atoms with van der Waals surface area (Å²) in [6, 6.07) is 6.30. The molecule has 58 valence electrons. The minimum absolute atomic E-state index is 0.266. The molecule has 11 heavy (non-hydrogen) atoms. The van der Waals surface area contributed by atoms with E-state index in [9.17, 15) is 0 Å². The van der Waals surface area contributed by atoms with Gasteiger partial charge in [0.25, 0.3) is 0 Å². The Kier molecular flexibility index (Phi) is 1.74. The lowest BCUT2D eigenvalue weighted by molar-refractivity contribution is 0.0796. The van der Waals surface area contributed by atoms with Gasteiger partial charge in [0.15, 0.2) is 0 Å². The van der Waals surface area contributed by atoms with Crippen LogP contribution in [0, 0.1) is 0 Å². The third-order valence-corrected chi connectivity index (χ3v) is 2.53. The maximum Gasteiger partial charge on any atom is 0.0805 e. The summed E-state index contributed by atoms with van der Waals surface area (Å²) in [7, 11) is 0. The molecule has 1 atom stereocenters. The van der Waals surface area contributed by atoms with E-state index < -0.39 is 0 Å². The molecule has 1 aromatic rings. The minimum atomic E-state index is 0.266. The molecule has 1 nitrogen and oxygen atoms in total. The molecule has 1 aromatic carbocycles. The zero-order valence-electron chi connectivity index (χ0n) is 6.30. The number of benzene rings is 1. The predicted molar refractivity (Wildman–Crippen MR) is 47.3 cm³/mol. The summed E-state index contributed by atoms with van der Waals surface area (Å²) >= 11 is 3.44. The van der Waals surface area contributed by atoms with E-state index >= 15 is 0 Å². The molecule has 0 aromatic heterocycles. The molecular weight excluding hydrogens is 204 g/mol. The Morgan fingerprint density at radius 3 is 3.18 bits per heavy atom. The van der Waals surface area contributed by atoms with Crippen LogP contribution in [0.15, 0.2) is 22.7 Å². The van der Waals surface area contributed by atoms with Gasteiger partial charge in [-0.25, -0.2) is 0 Å². The van der Waals surface area contributed by atoms with Crippen LogP contribution in [0.2, 0.25) is 0 Å². The fourth-order valence-electron chi connectivity index (χ4n) is 1.38. The summed E-state index contributed by atoms with van der Waals surface area (Å²) in [5, 5.41) is 0. The molecule has 2 rings (SSSR count). The molecule has 0 radical (unpaired) electrons. The van der Waals surface area contributed by atoms with Crippen molar-refractivity contribution >= 4 is 15.9 Å². The number of fused-ring (bicyclic) bond motifs is 1. The van der Waals surface area contributed by atoms with E-state index in [1.165, 1.54) is 11.1 Å². The highest BCUT2D eigenvalue weighted by atomic mass is 79.9. The first-order chi connectivity index (χ1) is 5.27. The van der Waals surface area contributed by atoms with Gasteiger partial charge in [0, 0.05) is 4.47 Å². The lowest BCUT2D eigenvalue weighted by Gasteiger charge is -2.02. The number of halogens is 1. The first-order valence-corrected chi connectivity index (χ1v) is 4.46. The van der Waals surface area contributed by atoms with Crippen LogP contribution in [0.1, 0.15) is 24.2 Å². The van der Waals surface area contributed by atoms with E-state index in [-0.39, 0.29) is 6.10 Å². The van der Waals surface area contributed by atoms with Gasteiger partial charge in [-0.05, 0) is 30.2 Å². The molecule has 0 saturated carbocycles. The highest BCUT2D eigenvalue weighted by Gasteiger charge is 2.18. The average Bonchev–Trinajstić information content (AvgIpc) is 2.33. The molecule has 1 unspecified atom stereocenters. The number of hydrogen-bond donors (Lipinski definition) is 0. The van der Waals surface area contributed by atoms with Crippen molar-refractivity contribution in [2.24, 2.45) is 0 Å². The van der Waals surface area contributed by atoms with Crippen molar-refractivity contribution in [2.75, 3.05) is 0 Å². The van der Waals surface area contributed by atoms with Gasteiger partial charge in [-0.1, -0.05) is 22.0 Å². The molecule has 2 heteroatoms. The number of rotatable bonds is 0. The second-order valence-corrected chi connectivity index (χ2v) is 3.71. The van der Waals surface area contributed by atoms with E-state index in [0.29, 0.717) is 0 Å². The molecule has 0 spiro atoms. The summed E-state index contributed by atoms with van der Waals surface area (Å²) < 4.78 is 6.59. The Balaban J connectivity index is 2.52. The SMILES string of the molecule is CC1OCc2ccc(Br)cc21. The number of ether oxygens (including phenoxy) is 1. The number of hydrogen-bond acceptors (Lipinski definition) is 1. The lowest BCUT2D eigenvalue weighted by atomic mass is 10.1. The van der Waals surface area contributed by atoms with Gasteiger partial charge >= 0.3 is 0 Å². The first kappa shape index (κ1) is 7.32. The van der Waals surface area contributed by atoms with Gasteiger partial charge in [0.2, 0.25) is 0 Å². The third-order valence-electron chi connectivity index (χ3n) is 2.03. The molecule has 1 aliphatic rings. The van der Waals surface area contributed by atoms with Gasteiger partial charge < -0.3 is 4.74 Å². The van der Waals surface area contributed by atoms with Crippen LogP contribution in [-0.4, -0.2) is 0 Å². The van der Waals surface area contributed by atoms with Crippen LogP contribution in [0.4, 0.5) is 0 Å². The predicted octanol–water partition coefficient (Wildman–Crippen LogP) is 3.04. The molecular formula is C9H9BrO.